The second kappa shape index (κ2) is 8.34. The van der Waals surface area contributed by atoms with Crippen LogP contribution in [0.4, 0.5) is 0 Å². The highest BCUT2D eigenvalue weighted by molar-refractivity contribution is 5.85. The first-order valence-corrected chi connectivity index (χ1v) is 8.54. The van der Waals surface area contributed by atoms with Gasteiger partial charge in [0.15, 0.2) is 6.61 Å². The molecule has 0 aliphatic rings. The Morgan fingerprint density at radius 1 is 1.08 bits per heavy atom. The number of hydrogen-bond acceptors (Lipinski definition) is 4. The topological polar surface area (TPSA) is 60.5 Å². The summed E-state index contributed by atoms with van der Waals surface area (Å²) in [5.74, 6) is 1.30. The molecule has 1 N–H and O–H groups in total. The van der Waals surface area contributed by atoms with Crippen LogP contribution in [0.5, 0.6) is 11.5 Å². The van der Waals surface area contributed by atoms with Gasteiger partial charge in [-0.2, -0.15) is 0 Å². The molecule has 0 bridgehead atoms. The smallest absolute Gasteiger partial charge is 0.257 e. The summed E-state index contributed by atoms with van der Waals surface area (Å²) >= 11 is 0. The average Bonchev–Trinajstić information content (AvgIpc) is 2.67. The Balaban J connectivity index is 1.50. The summed E-state index contributed by atoms with van der Waals surface area (Å²) in [6.45, 7) is 2.46. The lowest BCUT2D eigenvalue weighted by molar-refractivity contribution is -0.123. The van der Waals surface area contributed by atoms with Crippen LogP contribution in [0.3, 0.4) is 0 Å². The molecule has 3 aromatic rings. The van der Waals surface area contributed by atoms with Gasteiger partial charge in [-0.1, -0.05) is 30.3 Å². The van der Waals surface area contributed by atoms with E-state index in [1.807, 2.05) is 61.5 Å². The van der Waals surface area contributed by atoms with E-state index < -0.39 is 0 Å². The maximum Gasteiger partial charge on any atom is 0.257 e. The number of methoxy groups -OCH3 is 1. The molecule has 134 valence electrons. The summed E-state index contributed by atoms with van der Waals surface area (Å²) in [4.78, 5) is 16.5. The van der Waals surface area contributed by atoms with Gasteiger partial charge >= 0.3 is 0 Å². The first kappa shape index (κ1) is 17.7. The van der Waals surface area contributed by atoms with Gasteiger partial charge in [0.05, 0.1) is 7.11 Å². The fourth-order valence-electron chi connectivity index (χ4n) is 2.67. The summed E-state index contributed by atoms with van der Waals surface area (Å²) in [7, 11) is 1.64. The zero-order chi connectivity index (χ0) is 18.4. The molecule has 5 heteroatoms. The zero-order valence-electron chi connectivity index (χ0n) is 15.0. The Morgan fingerprint density at radius 2 is 1.88 bits per heavy atom. The summed E-state index contributed by atoms with van der Waals surface area (Å²) in [6, 6.07) is 17.5. The lowest BCUT2D eigenvalue weighted by Gasteiger charge is -2.10. The molecule has 1 heterocycles. The Hall–Kier alpha value is -3.08. The highest BCUT2D eigenvalue weighted by Gasteiger charge is 2.07. The molecule has 1 aromatic heterocycles. The highest BCUT2D eigenvalue weighted by atomic mass is 16.5. The van der Waals surface area contributed by atoms with Crippen LogP contribution >= 0.6 is 0 Å². The molecule has 0 atom stereocenters. The van der Waals surface area contributed by atoms with Crippen molar-refractivity contribution in [2.75, 3.05) is 20.3 Å². The molecule has 0 aliphatic heterocycles. The number of benzene rings is 2. The quantitative estimate of drug-likeness (QED) is 0.710. The molecule has 3 rings (SSSR count). The van der Waals surface area contributed by atoms with Crippen molar-refractivity contribution in [1.82, 2.24) is 10.3 Å². The summed E-state index contributed by atoms with van der Waals surface area (Å²) < 4.78 is 10.8. The van der Waals surface area contributed by atoms with E-state index in [0.29, 0.717) is 12.3 Å². The van der Waals surface area contributed by atoms with Crippen molar-refractivity contribution in [3.05, 3.63) is 65.9 Å². The normalized spacial score (nSPS) is 10.5. The van der Waals surface area contributed by atoms with E-state index in [1.165, 1.54) is 0 Å². The number of nitrogens with zero attached hydrogens (tertiary/aromatic N) is 1. The van der Waals surface area contributed by atoms with E-state index >= 15 is 0 Å². The average molecular weight is 350 g/mol. The van der Waals surface area contributed by atoms with Crippen molar-refractivity contribution in [2.24, 2.45) is 0 Å². The minimum atomic E-state index is -0.150. The largest absolute Gasteiger partial charge is 0.497 e. The summed E-state index contributed by atoms with van der Waals surface area (Å²) in [6.07, 6.45) is 0.755. The Labute approximate surface area is 153 Å². The molecule has 0 radical (unpaired) electrons. The van der Waals surface area contributed by atoms with Crippen molar-refractivity contribution in [3.63, 3.8) is 0 Å². The molecule has 0 spiro atoms. The van der Waals surface area contributed by atoms with Gasteiger partial charge in [0, 0.05) is 17.6 Å². The molecule has 0 fully saturated rings. The third kappa shape index (κ3) is 4.51. The number of rotatable bonds is 7. The lowest BCUT2D eigenvalue weighted by Crippen LogP contribution is -2.30. The van der Waals surface area contributed by atoms with Crippen molar-refractivity contribution < 1.29 is 14.3 Å². The summed E-state index contributed by atoms with van der Waals surface area (Å²) in [5, 5.41) is 3.87. The maximum atomic E-state index is 12.0. The van der Waals surface area contributed by atoms with Gasteiger partial charge in [-0.05, 0) is 43.2 Å². The molecular formula is C21H22N2O3. The van der Waals surface area contributed by atoms with Crippen LogP contribution in [0.25, 0.3) is 10.9 Å². The molecule has 0 saturated heterocycles. The number of carbonyl (C=O) groups excluding carboxylic acids is 1. The molecule has 2 aromatic carbocycles. The fraction of sp³-hybridized carbons (Fsp3) is 0.238. The number of aryl methyl sites for hydroxylation is 1. The van der Waals surface area contributed by atoms with E-state index in [9.17, 15) is 4.79 Å². The van der Waals surface area contributed by atoms with E-state index in [1.54, 1.807) is 7.11 Å². The third-order valence-electron chi connectivity index (χ3n) is 4.08. The Bertz CT molecular complexity index is 891. The van der Waals surface area contributed by atoms with Gasteiger partial charge in [-0.15, -0.1) is 0 Å². The van der Waals surface area contributed by atoms with Crippen LogP contribution in [0.2, 0.25) is 0 Å². The van der Waals surface area contributed by atoms with Gasteiger partial charge in [0.1, 0.15) is 17.0 Å². The molecule has 0 unspecified atom stereocenters. The van der Waals surface area contributed by atoms with Crippen LogP contribution < -0.4 is 14.8 Å². The minimum absolute atomic E-state index is 0.0304. The number of ether oxygens (including phenoxy) is 2. The van der Waals surface area contributed by atoms with Crippen LogP contribution in [0.15, 0.2) is 54.6 Å². The predicted octanol–water partition coefficient (Wildman–Crippen LogP) is 3.29. The van der Waals surface area contributed by atoms with E-state index in [2.05, 4.69) is 10.3 Å². The molecule has 0 aliphatic carbocycles. The third-order valence-corrected chi connectivity index (χ3v) is 4.08. The van der Waals surface area contributed by atoms with Crippen LogP contribution in [0, 0.1) is 6.92 Å². The number of fused-ring (bicyclic) bond motifs is 1. The maximum absolute atomic E-state index is 12.0. The molecule has 0 saturated carbocycles. The van der Waals surface area contributed by atoms with Crippen molar-refractivity contribution in [1.29, 1.82) is 0 Å². The second-order valence-corrected chi connectivity index (χ2v) is 6.02. The standard InChI is InChI=1S/C21H22N2O3/c1-15-6-9-17-4-3-5-19(21(17)23-15)26-14-20(24)22-13-12-16-7-10-18(25-2)11-8-16/h3-11H,12-14H2,1-2H3,(H,22,24). The lowest BCUT2D eigenvalue weighted by atomic mass is 10.1. The van der Waals surface area contributed by atoms with Gasteiger partial charge in [0.25, 0.3) is 5.91 Å². The first-order valence-electron chi connectivity index (χ1n) is 8.54. The van der Waals surface area contributed by atoms with E-state index in [4.69, 9.17) is 9.47 Å². The molecular weight excluding hydrogens is 328 g/mol. The number of amides is 1. The van der Waals surface area contributed by atoms with Crippen molar-refractivity contribution in [3.8, 4) is 11.5 Å². The number of nitrogens with one attached hydrogen (secondary N) is 1. The number of carbonyl (C=O) groups is 1. The molecule has 26 heavy (non-hydrogen) atoms. The van der Waals surface area contributed by atoms with Crippen molar-refractivity contribution in [2.45, 2.75) is 13.3 Å². The number of hydrogen-bond donors (Lipinski definition) is 1. The van der Waals surface area contributed by atoms with Crippen LogP contribution in [-0.2, 0) is 11.2 Å². The predicted molar refractivity (Wildman–Crippen MR) is 102 cm³/mol. The van der Waals surface area contributed by atoms with Crippen LogP contribution in [-0.4, -0.2) is 31.2 Å². The highest BCUT2D eigenvalue weighted by Crippen LogP contribution is 2.23. The number of aromatic nitrogens is 1. The van der Waals surface area contributed by atoms with Gasteiger partial charge in [0.2, 0.25) is 0 Å². The van der Waals surface area contributed by atoms with E-state index in [-0.39, 0.29) is 12.5 Å². The van der Waals surface area contributed by atoms with Gasteiger partial charge in [-0.25, -0.2) is 4.98 Å². The van der Waals surface area contributed by atoms with Crippen LogP contribution in [0.1, 0.15) is 11.3 Å². The number of para-hydroxylation sites is 1. The van der Waals surface area contributed by atoms with E-state index in [0.717, 1.165) is 34.3 Å². The summed E-state index contributed by atoms with van der Waals surface area (Å²) in [5.41, 5.74) is 2.83. The Morgan fingerprint density at radius 3 is 2.65 bits per heavy atom. The molecule has 1 amide bonds. The second-order valence-electron chi connectivity index (χ2n) is 6.02. The zero-order valence-corrected chi connectivity index (χ0v) is 15.0. The van der Waals surface area contributed by atoms with Gasteiger partial charge in [-0.3, -0.25) is 4.79 Å². The SMILES string of the molecule is COc1ccc(CCNC(=O)COc2cccc3ccc(C)nc23)cc1. The minimum Gasteiger partial charge on any atom is -0.497 e. The first-order chi connectivity index (χ1) is 12.7. The van der Waals surface area contributed by atoms with Crippen molar-refractivity contribution >= 4 is 16.8 Å². The molecule has 5 nitrogen and oxygen atoms in total. The Kier molecular flexibility index (Phi) is 5.69. The number of pyridine rings is 1. The van der Waals surface area contributed by atoms with Gasteiger partial charge < -0.3 is 14.8 Å². The fourth-order valence-corrected chi connectivity index (χ4v) is 2.67. The monoisotopic (exact) mass is 350 g/mol.